The normalized spacial score (nSPS) is 10.3. The number of carbonyl (C=O) groups is 1. The number of nitrogens with zero attached hydrogens (tertiary/aromatic N) is 4. The number of rotatable bonds is 4. The molecule has 1 amide bonds. The Bertz CT molecular complexity index is 665. The van der Waals surface area contributed by atoms with E-state index < -0.39 is 4.92 Å². The zero-order chi connectivity index (χ0) is 14.7. The molecule has 0 radical (unpaired) electrons. The molecule has 0 atom stereocenters. The lowest BCUT2D eigenvalue weighted by Crippen LogP contribution is -2.20. The van der Waals surface area contributed by atoms with E-state index in [1.54, 1.807) is 19.2 Å². The third-order valence-corrected chi connectivity index (χ3v) is 2.63. The van der Waals surface area contributed by atoms with Gasteiger partial charge in [-0.3, -0.25) is 4.79 Å². The van der Waals surface area contributed by atoms with Gasteiger partial charge in [0.25, 0.3) is 0 Å². The van der Waals surface area contributed by atoms with Crippen LogP contribution in [0.2, 0.25) is 0 Å². The van der Waals surface area contributed by atoms with E-state index in [1.165, 1.54) is 10.7 Å². The van der Waals surface area contributed by atoms with Gasteiger partial charge in [0, 0.05) is 6.20 Å². The monoisotopic (exact) mass is 275 g/mol. The van der Waals surface area contributed by atoms with E-state index in [0.29, 0.717) is 11.5 Å². The molecule has 20 heavy (non-hydrogen) atoms. The number of nitrogens with one attached hydrogen (secondary N) is 1. The molecule has 0 saturated carbocycles. The molecule has 2 heterocycles. The highest BCUT2D eigenvalue weighted by molar-refractivity contribution is 5.89. The molecule has 0 saturated heterocycles. The van der Waals surface area contributed by atoms with Gasteiger partial charge in [-0.1, -0.05) is 0 Å². The van der Waals surface area contributed by atoms with Crippen molar-refractivity contribution in [2.45, 2.75) is 20.4 Å². The van der Waals surface area contributed by atoms with E-state index in [9.17, 15) is 14.9 Å². The van der Waals surface area contributed by atoms with E-state index in [2.05, 4.69) is 15.4 Å². The molecule has 0 bridgehead atoms. The molecule has 0 aliphatic rings. The molecule has 8 nitrogen and oxygen atoms in total. The molecule has 0 aliphatic carbocycles. The molecule has 0 spiro atoms. The Balaban J connectivity index is 2.06. The minimum atomic E-state index is -0.594. The van der Waals surface area contributed by atoms with Crippen molar-refractivity contribution in [1.82, 2.24) is 14.8 Å². The molecule has 2 aromatic heterocycles. The van der Waals surface area contributed by atoms with E-state index in [1.807, 2.05) is 13.0 Å². The first kappa shape index (κ1) is 13.7. The number of aromatic nitrogens is 3. The summed E-state index contributed by atoms with van der Waals surface area (Å²) in [6, 6.07) is 4.87. The van der Waals surface area contributed by atoms with Crippen LogP contribution in [0, 0.1) is 24.0 Å². The van der Waals surface area contributed by atoms with Crippen LogP contribution in [0.3, 0.4) is 0 Å². The van der Waals surface area contributed by atoms with Gasteiger partial charge in [-0.05, 0) is 36.5 Å². The van der Waals surface area contributed by atoms with Crippen LogP contribution in [0.25, 0.3) is 0 Å². The van der Waals surface area contributed by atoms with Gasteiger partial charge in [-0.25, -0.2) is 4.98 Å². The maximum Gasteiger partial charge on any atom is 0.390 e. The molecule has 2 rings (SSSR count). The maximum absolute atomic E-state index is 11.8. The summed E-state index contributed by atoms with van der Waals surface area (Å²) in [6.07, 6.45) is 1.59. The number of amides is 1. The van der Waals surface area contributed by atoms with Crippen molar-refractivity contribution in [3.8, 4) is 0 Å². The minimum Gasteiger partial charge on any atom is -0.358 e. The second-order valence-corrected chi connectivity index (χ2v) is 4.33. The van der Waals surface area contributed by atoms with E-state index >= 15 is 0 Å². The molecule has 0 unspecified atom stereocenters. The molecular formula is C12H13N5O3. The quantitative estimate of drug-likeness (QED) is 0.671. The SMILES string of the molecule is Cc1ccnc(NC(=O)Cn2nc([N+](=O)[O-])cc2C)c1. The fourth-order valence-corrected chi connectivity index (χ4v) is 1.66. The molecule has 1 N–H and O–H groups in total. The summed E-state index contributed by atoms with van der Waals surface area (Å²) >= 11 is 0. The molecule has 0 aromatic carbocycles. The van der Waals surface area contributed by atoms with Gasteiger partial charge >= 0.3 is 5.82 Å². The van der Waals surface area contributed by atoms with Crippen LogP contribution in [-0.2, 0) is 11.3 Å². The van der Waals surface area contributed by atoms with Crippen molar-refractivity contribution in [2.75, 3.05) is 5.32 Å². The van der Waals surface area contributed by atoms with Gasteiger partial charge in [-0.15, -0.1) is 0 Å². The average Bonchev–Trinajstić information content (AvgIpc) is 2.71. The Morgan fingerprint density at radius 1 is 1.45 bits per heavy atom. The Morgan fingerprint density at radius 2 is 2.20 bits per heavy atom. The van der Waals surface area contributed by atoms with Gasteiger partial charge in [0.1, 0.15) is 12.4 Å². The number of nitro groups is 1. The largest absolute Gasteiger partial charge is 0.390 e. The van der Waals surface area contributed by atoms with Crippen LogP contribution in [-0.4, -0.2) is 25.6 Å². The molecule has 0 fully saturated rings. The van der Waals surface area contributed by atoms with Crippen LogP contribution < -0.4 is 5.32 Å². The molecule has 104 valence electrons. The third-order valence-electron chi connectivity index (χ3n) is 2.63. The summed E-state index contributed by atoms with van der Waals surface area (Å²) in [4.78, 5) is 25.9. The fraction of sp³-hybridized carbons (Fsp3) is 0.250. The van der Waals surface area contributed by atoms with Crippen molar-refractivity contribution in [1.29, 1.82) is 0 Å². The summed E-state index contributed by atoms with van der Waals surface area (Å²) in [7, 11) is 0. The predicted octanol–water partition coefficient (Wildman–Crippen LogP) is 1.44. The first-order chi connectivity index (χ1) is 9.45. The first-order valence-electron chi connectivity index (χ1n) is 5.87. The van der Waals surface area contributed by atoms with Gasteiger partial charge in [0.2, 0.25) is 5.91 Å². The predicted molar refractivity (Wildman–Crippen MR) is 71.2 cm³/mol. The standard InChI is InChI=1S/C12H13N5O3/c1-8-3-4-13-10(5-8)14-12(18)7-16-9(2)6-11(15-16)17(19)20/h3-6H,7H2,1-2H3,(H,13,14,18). The Labute approximate surface area is 114 Å². The number of carbonyl (C=O) groups excluding carboxylic acids is 1. The number of aryl methyl sites for hydroxylation is 2. The Kier molecular flexibility index (Phi) is 3.74. The van der Waals surface area contributed by atoms with Crippen molar-refractivity contribution in [3.05, 3.63) is 45.8 Å². The fourth-order valence-electron chi connectivity index (χ4n) is 1.66. The van der Waals surface area contributed by atoms with Crippen molar-refractivity contribution >= 4 is 17.5 Å². The molecule has 2 aromatic rings. The van der Waals surface area contributed by atoms with Gasteiger partial charge in [-0.2, -0.15) is 4.68 Å². The Morgan fingerprint density at radius 3 is 2.80 bits per heavy atom. The average molecular weight is 275 g/mol. The van der Waals surface area contributed by atoms with Crippen molar-refractivity contribution in [3.63, 3.8) is 0 Å². The molecule has 0 aliphatic heterocycles. The van der Waals surface area contributed by atoms with Gasteiger partial charge in [0.15, 0.2) is 0 Å². The van der Waals surface area contributed by atoms with Crippen molar-refractivity contribution < 1.29 is 9.72 Å². The van der Waals surface area contributed by atoms with E-state index in [-0.39, 0.29) is 18.3 Å². The highest BCUT2D eigenvalue weighted by atomic mass is 16.6. The second-order valence-electron chi connectivity index (χ2n) is 4.33. The van der Waals surface area contributed by atoms with Gasteiger partial charge < -0.3 is 15.4 Å². The van der Waals surface area contributed by atoms with Crippen LogP contribution in [0.15, 0.2) is 24.4 Å². The third kappa shape index (κ3) is 3.16. The molecule has 8 heteroatoms. The lowest BCUT2D eigenvalue weighted by molar-refractivity contribution is -0.389. The van der Waals surface area contributed by atoms with Gasteiger partial charge in [0.05, 0.1) is 16.9 Å². The Hall–Kier alpha value is -2.77. The number of pyridine rings is 1. The van der Waals surface area contributed by atoms with E-state index in [4.69, 9.17) is 0 Å². The van der Waals surface area contributed by atoms with Crippen LogP contribution in [0.5, 0.6) is 0 Å². The summed E-state index contributed by atoms with van der Waals surface area (Å²) in [5, 5.41) is 17.0. The second kappa shape index (κ2) is 5.47. The molecular weight excluding hydrogens is 262 g/mol. The minimum absolute atomic E-state index is 0.102. The number of anilines is 1. The van der Waals surface area contributed by atoms with E-state index in [0.717, 1.165) is 5.56 Å². The summed E-state index contributed by atoms with van der Waals surface area (Å²) in [6.45, 7) is 3.44. The van der Waals surface area contributed by atoms with Crippen molar-refractivity contribution in [2.24, 2.45) is 0 Å². The summed E-state index contributed by atoms with van der Waals surface area (Å²) < 4.78 is 1.28. The smallest absolute Gasteiger partial charge is 0.358 e. The lowest BCUT2D eigenvalue weighted by atomic mass is 10.3. The summed E-state index contributed by atoms with van der Waals surface area (Å²) in [5.74, 6) is -0.178. The zero-order valence-electron chi connectivity index (χ0n) is 11.0. The highest BCUT2D eigenvalue weighted by Gasteiger charge is 2.17. The van der Waals surface area contributed by atoms with Crippen LogP contribution in [0.1, 0.15) is 11.3 Å². The van der Waals surface area contributed by atoms with Crippen LogP contribution >= 0.6 is 0 Å². The summed E-state index contributed by atoms with van der Waals surface area (Å²) in [5.41, 5.74) is 1.52. The highest BCUT2D eigenvalue weighted by Crippen LogP contribution is 2.11. The topological polar surface area (TPSA) is 103 Å². The van der Waals surface area contributed by atoms with Crippen LogP contribution in [0.4, 0.5) is 11.6 Å². The maximum atomic E-state index is 11.8. The number of hydrogen-bond donors (Lipinski definition) is 1. The first-order valence-corrected chi connectivity index (χ1v) is 5.87. The lowest BCUT2D eigenvalue weighted by Gasteiger charge is -2.04. The zero-order valence-corrected chi connectivity index (χ0v) is 11.0. The number of hydrogen-bond acceptors (Lipinski definition) is 5.